The second-order valence-corrected chi connectivity index (χ2v) is 10.9. The molecular weight excluding hydrogens is 342 g/mol. The highest BCUT2D eigenvalue weighted by atomic mass is 16.3. The molecule has 1 heterocycles. The zero-order valence-electron chi connectivity index (χ0n) is 17.3. The van der Waals surface area contributed by atoms with Gasteiger partial charge in [-0.25, -0.2) is 0 Å². The number of hydrogen-bond donors (Lipinski definition) is 1. The predicted molar refractivity (Wildman–Crippen MR) is 113 cm³/mol. The lowest BCUT2D eigenvalue weighted by molar-refractivity contribution is -0.111. The summed E-state index contributed by atoms with van der Waals surface area (Å²) in [5.74, 6) is 3.19. The molecule has 3 fully saturated rings. The number of aliphatic hydroxyl groups is 1. The van der Waals surface area contributed by atoms with Crippen molar-refractivity contribution in [1.82, 2.24) is 4.98 Å². The van der Waals surface area contributed by atoms with Crippen LogP contribution in [0, 0.1) is 29.1 Å². The highest BCUT2D eigenvalue weighted by molar-refractivity contribution is 5.80. The van der Waals surface area contributed by atoms with Gasteiger partial charge in [-0.15, -0.1) is 0 Å². The Labute approximate surface area is 168 Å². The summed E-state index contributed by atoms with van der Waals surface area (Å²) in [5.41, 5.74) is 4.83. The summed E-state index contributed by atoms with van der Waals surface area (Å²) < 4.78 is 0. The molecule has 3 saturated carbocycles. The molecule has 0 unspecified atom stereocenters. The van der Waals surface area contributed by atoms with Crippen molar-refractivity contribution in [3.8, 4) is 0 Å². The van der Waals surface area contributed by atoms with Crippen molar-refractivity contribution < 1.29 is 5.11 Å². The molecule has 1 aromatic heterocycles. The van der Waals surface area contributed by atoms with Gasteiger partial charge < -0.3 is 5.11 Å². The Balaban J connectivity index is 1.39. The van der Waals surface area contributed by atoms with Crippen LogP contribution in [0.2, 0.25) is 0 Å². The fourth-order valence-corrected chi connectivity index (χ4v) is 8.27. The van der Waals surface area contributed by atoms with Crippen LogP contribution in [-0.2, 0) is 11.8 Å². The summed E-state index contributed by atoms with van der Waals surface area (Å²) in [6.07, 6.45) is 9.83. The lowest BCUT2D eigenvalue weighted by atomic mass is 9.45. The standard InChI is InChI=1S/C26H33NO/c1-25-11-9-19(28)15-18(25)7-8-20-21(25)10-12-26(2)22(20)14-17-13-16-5-3-4-6-23(16)27-24(17)26/h3-6,13,18-22,28H,7-12,14-15H2,1-2H3/t18-,19-,20-,21+,22-,25-,26+/m0/s1. The van der Waals surface area contributed by atoms with E-state index < -0.39 is 0 Å². The molecule has 148 valence electrons. The van der Waals surface area contributed by atoms with Gasteiger partial charge in [0, 0.05) is 10.8 Å². The van der Waals surface area contributed by atoms with Gasteiger partial charge in [-0.2, -0.15) is 0 Å². The van der Waals surface area contributed by atoms with Crippen molar-refractivity contribution in [3.05, 3.63) is 41.6 Å². The number of nitrogens with zero attached hydrogens (tertiary/aromatic N) is 1. The van der Waals surface area contributed by atoms with E-state index in [1.807, 2.05) is 0 Å². The highest BCUT2D eigenvalue weighted by Crippen LogP contribution is 2.65. The molecule has 0 radical (unpaired) electrons. The quantitative estimate of drug-likeness (QED) is 0.645. The Kier molecular flexibility index (Phi) is 3.62. The normalized spacial score (nSPS) is 44.5. The van der Waals surface area contributed by atoms with E-state index in [4.69, 9.17) is 4.98 Å². The average Bonchev–Trinajstić information content (AvgIpc) is 2.99. The number of pyridine rings is 1. The molecule has 6 rings (SSSR count). The molecule has 2 heteroatoms. The molecular formula is C26H33NO. The topological polar surface area (TPSA) is 33.1 Å². The van der Waals surface area contributed by atoms with E-state index in [9.17, 15) is 5.11 Å². The van der Waals surface area contributed by atoms with Crippen LogP contribution in [0.5, 0.6) is 0 Å². The maximum Gasteiger partial charge on any atom is 0.0705 e. The van der Waals surface area contributed by atoms with Gasteiger partial charge in [0.25, 0.3) is 0 Å². The van der Waals surface area contributed by atoms with Crippen LogP contribution in [0.25, 0.3) is 10.9 Å². The van der Waals surface area contributed by atoms with Crippen LogP contribution in [0.15, 0.2) is 30.3 Å². The van der Waals surface area contributed by atoms with Crippen LogP contribution in [0.1, 0.15) is 70.1 Å². The van der Waals surface area contributed by atoms with Crippen molar-refractivity contribution in [2.24, 2.45) is 29.1 Å². The monoisotopic (exact) mass is 375 g/mol. The highest BCUT2D eigenvalue weighted by Gasteiger charge is 2.59. The molecule has 4 aliphatic rings. The molecule has 2 nitrogen and oxygen atoms in total. The summed E-state index contributed by atoms with van der Waals surface area (Å²) in [6, 6.07) is 11.1. The number of rotatable bonds is 0. The zero-order valence-corrected chi connectivity index (χ0v) is 17.3. The van der Waals surface area contributed by atoms with Crippen molar-refractivity contribution in [2.45, 2.75) is 76.7 Å². The zero-order chi connectivity index (χ0) is 19.1. The van der Waals surface area contributed by atoms with Crippen molar-refractivity contribution in [2.75, 3.05) is 0 Å². The fourth-order valence-electron chi connectivity index (χ4n) is 8.27. The van der Waals surface area contributed by atoms with Gasteiger partial charge in [0.15, 0.2) is 0 Å². The molecule has 2 aromatic rings. The maximum absolute atomic E-state index is 10.3. The molecule has 1 aromatic carbocycles. The van der Waals surface area contributed by atoms with E-state index in [2.05, 4.69) is 44.2 Å². The molecule has 0 bridgehead atoms. The number of hydrogen-bond acceptors (Lipinski definition) is 2. The van der Waals surface area contributed by atoms with Gasteiger partial charge in [-0.1, -0.05) is 32.0 Å². The summed E-state index contributed by atoms with van der Waals surface area (Å²) in [5, 5.41) is 11.6. The third-order valence-corrected chi connectivity index (χ3v) is 9.81. The largest absolute Gasteiger partial charge is 0.393 e. The van der Waals surface area contributed by atoms with Crippen LogP contribution in [0.4, 0.5) is 0 Å². The Morgan fingerprint density at radius 3 is 2.75 bits per heavy atom. The third kappa shape index (κ3) is 2.22. The first-order chi connectivity index (χ1) is 13.5. The smallest absolute Gasteiger partial charge is 0.0705 e. The van der Waals surface area contributed by atoms with E-state index in [-0.39, 0.29) is 11.5 Å². The van der Waals surface area contributed by atoms with Gasteiger partial charge in [0.1, 0.15) is 0 Å². The van der Waals surface area contributed by atoms with Gasteiger partial charge in [-0.3, -0.25) is 4.98 Å². The number of benzene rings is 1. The molecule has 0 amide bonds. The minimum Gasteiger partial charge on any atom is -0.393 e. The maximum atomic E-state index is 10.3. The van der Waals surface area contributed by atoms with Crippen molar-refractivity contribution >= 4 is 10.9 Å². The van der Waals surface area contributed by atoms with Gasteiger partial charge in [0.2, 0.25) is 0 Å². The van der Waals surface area contributed by atoms with Gasteiger partial charge in [-0.05, 0) is 98.1 Å². The lowest BCUT2D eigenvalue weighted by Crippen LogP contribution is -2.54. The minimum atomic E-state index is -0.0455. The second-order valence-electron chi connectivity index (χ2n) is 10.9. The van der Waals surface area contributed by atoms with Crippen LogP contribution in [0.3, 0.4) is 0 Å². The van der Waals surface area contributed by atoms with E-state index in [1.54, 1.807) is 0 Å². The van der Waals surface area contributed by atoms with Crippen molar-refractivity contribution in [1.29, 1.82) is 0 Å². The molecule has 7 atom stereocenters. The summed E-state index contributed by atoms with van der Waals surface area (Å²) in [6.45, 7) is 5.11. The summed E-state index contributed by atoms with van der Waals surface area (Å²) in [7, 11) is 0. The molecule has 1 N–H and O–H groups in total. The average molecular weight is 376 g/mol. The number of aliphatic hydroxyl groups excluding tert-OH is 1. The summed E-state index contributed by atoms with van der Waals surface area (Å²) in [4.78, 5) is 5.23. The molecule has 0 aliphatic heterocycles. The minimum absolute atomic E-state index is 0.0455. The van der Waals surface area contributed by atoms with Crippen LogP contribution < -0.4 is 0 Å². The SMILES string of the molecule is C[C@]12CC[C@H](O)C[C@@H]1CC[C@H]1[C@H]2CC[C@@]2(C)c3nc4ccccc4cc3C[C@@H]12. The molecule has 0 spiro atoms. The van der Waals surface area contributed by atoms with Gasteiger partial charge in [0.05, 0.1) is 17.3 Å². The van der Waals surface area contributed by atoms with Crippen LogP contribution >= 0.6 is 0 Å². The van der Waals surface area contributed by atoms with Gasteiger partial charge >= 0.3 is 0 Å². The van der Waals surface area contributed by atoms with E-state index in [0.717, 1.165) is 36.5 Å². The second kappa shape index (κ2) is 5.81. The third-order valence-electron chi connectivity index (χ3n) is 9.81. The molecule has 28 heavy (non-hydrogen) atoms. The Morgan fingerprint density at radius 2 is 1.86 bits per heavy atom. The number of para-hydroxylation sites is 1. The number of fused-ring (bicyclic) bond motifs is 8. The van der Waals surface area contributed by atoms with E-state index in [1.165, 1.54) is 60.7 Å². The van der Waals surface area contributed by atoms with E-state index >= 15 is 0 Å². The first-order valence-electron chi connectivity index (χ1n) is 11.6. The Bertz CT molecular complexity index is 937. The molecule has 4 aliphatic carbocycles. The number of aromatic nitrogens is 1. The lowest BCUT2D eigenvalue weighted by Gasteiger charge is -2.60. The van der Waals surface area contributed by atoms with Crippen molar-refractivity contribution in [3.63, 3.8) is 0 Å². The summed E-state index contributed by atoms with van der Waals surface area (Å²) >= 11 is 0. The van der Waals surface area contributed by atoms with E-state index in [0.29, 0.717) is 5.41 Å². The Hall–Kier alpha value is -1.41. The first kappa shape index (κ1) is 17.4. The Morgan fingerprint density at radius 1 is 1.00 bits per heavy atom. The van der Waals surface area contributed by atoms with Crippen LogP contribution in [-0.4, -0.2) is 16.2 Å². The molecule has 0 saturated heterocycles. The first-order valence-corrected chi connectivity index (χ1v) is 11.6. The predicted octanol–water partition coefficient (Wildman–Crippen LogP) is 5.65. The fraction of sp³-hybridized carbons (Fsp3) is 0.654.